The van der Waals surface area contributed by atoms with Crippen molar-refractivity contribution in [3.63, 3.8) is 0 Å². The van der Waals surface area contributed by atoms with Crippen LogP contribution in [0.2, 0.25) is 0 Å². The SMILES string of the molecule is Nc1cc(I)nc(I)c1. The summed E-state index contributed by atoms with van der Waals surface area (Å²) < 4.78 is 1.88. The number of anilines is 1. The molecule has 0 bridgehead atoms. The highest BCUT2D eigenvalue weighted by Gasteiger charge is 1.92. The zero-order valence-corrected chi connectivity index (χ0v) is 8.75. The van der Waals surface area contributed by atoms with Crippen molar-refractivity contribution in [2.45, 2.75) is 0 Å². The van der Waals surface area contributed by atoms with Crippen LogP contribution in [0.25, 0.3) is 0 Å². The Labute approximate surface area is 80.5 Å². The molecule has 0 unspecified atom stereocenters. The Balaban J connectivity index is 3.17. The summed E-state index contributed by atoms with van der Waals surface area (Å²) in [5.74, 6) is 0. The van der Waals surface area contributed by atoms with Crippen molar-refractivity contribution in [2.75, 3.05) is 5.73 Å². The molecule has 0 aromatic carbocycles. The summed E-state index contributed by atoms with van der Waals surface area (Å²) in [4.78, 5) is 4.13. The predicted molar refractivity (Wildman–Crippen MR) is 54.1 cm³/mol. The van der Waals surface area contributed by atoms with E-state index in [1.165, 1.54) is 0 Å². The predicted octanol–water partition coefficient (Wildman–Crippen LogP) is 1.87. The smallest absolute Gasteiger partial charge is 0.104 e. The lowest BCUT2D eigenvalue weighted by atomic mass is 10.4. The van der Waals surface area contributed by atoms with Crippen molar-refractivity contribution in [3.05, 3.63) is 19.5 Å². The normalized spacial score (nSPS) is 9.56. The number of nitrogens with zero attached hydrogens (tertiary/aromatic N) is 1. The highest BCUT2D eigenvalue weighted by atomic mass is 127. The standard InChI is InChI=1S/C5H4I2N2/c6-4-1-3(8)2-5(7)9-4/h1-2H,(H2,8,9). The van der Waals surface area contributed by atoms with Crippen LogP contribution >= 0.6 is 45.2 Å². The van der Waals surface area contributed by atoms with Crippen molar-refractivity contribution in [2.24, 2.45) is 0 Å². The third-order valence-corrected chi connectivity index (χ3v) is 1.89. The van der Waals surface area contributed by atoms with Gasteiger partial charge < -0.3 is 5.73 Å². The van der Waals surface area contributed by atoms with Crippen molar-refractivity contribution in [1.29, 1.82) is 0 Å². The topological polar surface area (TPSA) is 38.9 Å². The van der Waals surface area contributed by atoms with E-state index in [1.54, 1.807) is 0 Å². The molecule has 2 N–H and O–H groups in total. The summed E-state index contributed by atoms with van der Waals surface area (Å²) in [5, 5.41) is 0. The Bertz CT molecular complexity index is 174. The van der Waals surface area contributed by atoms with E-state index in [0.29, 0.717) is 0 Å². The van der Waals surface area contributed by atoms with Crippen LogP contribution in [0.1, 0.15) is 0 Å². The molecule has 0 spiro atoms. The lowest BCUT2D eigenvalue weighted by molar-refractivity contribution is 1.23. The number of aromatic nitrogens is 1. The minimum Gasteiger partial charge on any atom is -0.399 e. The Morgan fingerprint density at radius 3 is 2.00 bits per heavy atom. The molecule has 48 valence electrons. The maximum absolute atomic E-state index is 5.51. The Morgan fingerprint density at radius 2 is 1.67 bits per heavy atom. The number of hydrogen-bond acceptors (Lipinski definition) is 2. The molecule has 0 aliphatic rings. The molecule has 0 saturated carbocycles. The van der Waals surface area contributed by atoms with E-state index in [1.807, 2.05) is 12.1 Å². The summed E-state index contributed by atoms with van der Waals surface area (Å²) in [6.45, 7) is 0. The largest absolute Gasteiger partial charge is 0.399 e. The lowest BCUT2D eigenvalue weighted by Crippen LogP contribution is -1.90. The maximum atomic E-state index is 5.51. The number of nitrogen functional groups attached to an aromatic ring is 1. The van der Waals surface area contributed by atoms with Crippen LogP contribution < -0.4 is 5.73 Å². The van der Waals surface area contributed by atoms with Crippen LogP contribution in [-0.2, 0) is 0 Å². The van der Waals surface area contributed by atoms with Crippen LogP contribution in [0, 0.1) is 7.40 Å². The van der Waals surface area contributed by atoms with E-state index in [2.05, 4.69) is 50.2 Å². The van der Waals surface area contributed by atoms with E-state index < -0.39 is 0 Å². The van der Waals surface area contributed by atoms with Crippen LogP contribution in [-0.4, -0.2) is 4.98 Å². The molecular weight excluding hydrogens is 342 g/mol. The number of rotatable bonds is 0. The molecule has 1 aromatic heterocycles. The van der Waals surface area contributed by atoms with Crippen molar-refractivity contribution < 1.29 is 0 Å². The third-order valence-electron chi connectivity index (χ3n) is 0.785. The van der Waals surface area contributed by atoms with Gasteiger partial charge in [0.25, 0.3) is 0 Å². The second-order valence-electron chi connectivity index (χ2n) is 1.55. The number of nitrogens with two attached hydrogens (primary N) is 1. The molecule has 0 aliphatic carbocycles. The summed E-state index contributed by atoms with van der Waals surface area (Å²) in [7, 11) is 0. The van der Waals surface area contributed by atoms with Gasteiger partial charge in [0, 0.05) is 5.69 Å². The summed E-state index contributed by atoms with van der Waals surface area (Å²) in [5.41, 5.74) is 6.29. The molecule has 2 nitrogen and oxygen atoms in total. The second kappa shape index (κ2) is 3.00. The fraction of sp³-hybridized carbons (Fsp3) is 0. The van der Waals surface area contributed by atoms with Gasteiger partial charge >= 0.3 is 0 Å². The van der Waals surface area contributed by atoms with E-state index in [4.69, 9.17) is 5.73 Å². The van der Waals surface area contributed by atoms with Gasteiger partial charge in [0.05, 0.1) is 0 Å². The van der Waals surface area contributed by atoms with Gasteiger partial charge in [-0.2, -0.15) is 0 Å². The first-order valence-corrected chi connectivity index (χ1v) is 4.43. The second-order valence-corrected chi connectivity index (χ2v) is 3.76. The van der Waals surface area contributed by atoms with Gasteiger partial charge in [-0.3, -0.25) is 0 Å². The third kappa shape index (κ3) is 2.24. The van der Waals surface area contributed by atoms with E-state index in [-0.39, 0.29) is 0 Å². The van der Waals surface area contributed by atoms with Crippen molar-refractivity contribution in [3.8, 4) is 0 Å². The Hall–Kier alpha value is 0.410. The Morgan fingerprint density at radius 1 is 1.22 bits per heavy atom. The zero-order valence-electron chi connectivity index (χ0n) is 4.44. The molecule has 0 aliphatic heterocycles. The van der Waals surface area contributed by atoms with Gasteiger partial charge in [-0.25, -0.2) is 4.98 Å². The maximum Gasteiger partial charge on any atom is 0.104 e. The van der Waals surface area contributed by atoms with Crippen LogP contribution in [0.15, 0.2) is 12.1 Å². The molecule has 0 radical (unpaired) electrons. The van der Waals surface area contributed by atoms with Gasteiger partial charge in [-0.1, -0.05) is 0 Å². The van der Waals surface area contributed by atoms with Gasteiger partial charge in [0.2, 0.25) is 0 Å². The lowest BCUT2D eigenvalue weighted by Gasteiger charge is -1.93. The average molecular weight is 346 g/mol. The Kier molecular flexibility index (Phi) is 2.50. The van der Waals surface area contributed by atoms with E-state index in [0.717, 1.165) is 13.1 Å². The van der Waals surface area contributed by atoms with Crippen LogP contribution in [0.4, 0.5) is 5.69 Å². The monoisotopic (exact) mass is 346 g/mol. The molecule has 9 heavy (non-hydrogen) atoms. The van der Waals surface area contributed by atoms with Gasteiger partial charge in [-0.15, -0.1) is 0 Å². The number of hydrogen-bond donors (Lipinski definition) is 1. The highest BCUT2D eigenvalue weighted by molar-refractivity contribution is 14.1. The first-order chi connectivity index (χ1) is 4.18. The zero-order chi connectivity index (χ0) is 6.85. The minimum absolute atomic E-state index is 0.777. The van der Waals surface area contributed by atoms with Gasteiger partial charge in [0.15, 0.2) is 0 Å². The number of halogens is 2. The van der Waals surface area contributed by atoms with Crippen LogP contribution in [0.5, 0.6) is 0 Å². The van der Waals surface area contributed by atoms with Gasteiger partial charge in [-0.05, 0) is 57.3 Å². The first-order valence-electron chi connectivity index (χ1n) is 2.27. The minimum atomic E-state index is 0.777. The summed E-state index contributed by atoms with van der Waals surface area (Å²) in [6, 6.07) is 3.67. The summed E-state index contributed by atoms with van der Waals surface area (Å²) >= 11 is 4.27. The van der Waals surface area contributed by atoms with Crippen LogP contribution in [0.3, 0.4) is 0 Å². The summed E-state index contributed by atoms with van der Waals surface area (Å²) in [6.07, 6.45) is 0. The fourth-order valence-corrected chi connectivity index (χ4v) is 2.18. The number of pyridine rings is 1. The van der Waals surface area contributed by atoms with Crippen molar-refractivity contribution in [1.82, 2.24) is 4.98 Å². The molecule has 0 atom stereocenters. The molecule has 0 fully saturated rings. The molecule has 4 heteroatoms. The quantitative estimate of drug-likeness (QED) is 0.576. The molecule has 0 saturated heterocycles. The van der Waals surface area contributed by atoms with Crippen molar-refractivity contribution >= 4 is 50.9 Å². The molecule has 0 amide bonds. The molecular formula is C5H4I2N2. The van der Waals surface area contributed by atoms with E-state index in [9.17, 15) is 0 Å². The highest BCUT2D eigenvalue weighted by Crippen LogP contribution is 2.10. The van der Waals surface area contributed by atoms with Gasteiger partial charge in [0.1, 0.15) is 7.40 Å². The molecule has 1 rings (SSSR count). The first kappa shape index (κ1) is 7.52. The molecule has 1 heterocycles. The average Bonchev–Trinajstić information content (AvgIpc) is 1.59. The van der Waals surface area contributed by atoms with E-state index >= 15 is 0 Å². The molecule has 1 aromatic rings. The fourth-order valence-electron chi connectivity index (χ4n) is 0.483.